The fourth-order valence-electron chi connectivity index (χ4n) is 9.24. The van der Waals surface area contributed by atoms with E-state index in [1.54, 1.807) is 0 Å². The van der Waals surface area contributed by atoms with E-state index in [1.807, 2.05) is 24.3 Å². The van der Waals surface area contributed by atoms with E-state index in [2.05, 4.69) is 166 Å². The highest BCUT2D eigenvalue weighted by Gasteiger charge is 2.37. The van der Waals surface area contributed by atoms with Gasteiger partial charge in [0.25, 0.3) is 0 Å². The number of benzene rings is 8. The van der Waals surface area contributed by atoms with Gasteiger partial charge in [-0.15, -0.1) is 0 Å². The van der Waals surface area contributed by atoms with E-state index in [0.717, 1.165) is 82.8 Å². The van der Waals surface area contributed by atoms with Crippen molar-refractivity contribution in [2.45, 2.75) is 19.3 Å². The molecule has 0 saturated carbocycles. The minimum atomic E-state index is -0.155. The fourth-order valence-corrected chi connectivity index (χ4v) is 9.24. The van der Waals surface area contributed by atoms with Crippen LogP contribution in [-0.4, -0.2) is 15.0 Å². The topological polar surface area (TPSA) is 65.0 Å². The van der Waals surface area contributed by atoms with Crippen molar-refractivity contribution in [2.24, 2.45) is 0 Å². The van der Waals surface area contributed by atoms with Gasteiger partial charge in [0.15, 0.2) is 17.5 Å². The Balaban J connectivity index is 0.996. The zero-order chi connectivity index (χ0) is 39.2. The number of fused-ring (bicyclic) bond motifs is 9. The molecule has 0 aliphatic heterocycles. The molecule has 278 valence electrons. The van der Waals surface area contributed by atoms with Crippen LogP contribution in [0.1, 0.15) is 25.0 Å². The molecule has 1 aliphatic carbocycles. The molecule has 0 amide bonds. The van der Waals surface area contributed by atoms with Gasteiger partial charge in [-0.2, -0.15) is 0 Å². The van der Waals surface area contributed by atoms with Crippen LogP contribution in [0.4, 0.5) is 0 Å². The van der Waals surface area contributed by atoms with Crippen LogP contribution in [0.3, 0.4) is 0 Å². The van der Waals surface area contributed by atoms with Crippen LogP contribution < -0.4 is 0 Å². The number of para-hydroxylation sites is 4. The largest absolute Gasteiger partial charge is 0.455 e. The summed E-state index contributed by atoms with van der Waals surface area (Å²) in [5, 5.41) is 4.44. The van der Waals surface area contributed by atoms with Gasteiger partial charge in [-0.1, -0.05) is 178 Å². The minimum absolute atomic E-state index is 0.155. The van der Waals surface area contributed by atoms with E-state index in [9.17, 15) is 0 Å². The van der Waals surface area contributed by atoms with Gasteiger partial charge in [0.05, 0.1) is 0 Å². The summed E-state index contributed by atoms with van der Waals surface area (Å²) in [7, 11) is 0. The number of aromatic nitrogens is 3. The van der Waals surface area contributed by atoms with Gasteiger partial charge in [0, 0.05) is 54.8 Å². The van der Waals surface area contributed by atoms with Crippen LogP contribution in [0.2, 0.25) is 0 Å². The molecule has 0 spiro atoms. The lowest BCUT2D eigenvalue weighted by atomic mass is 9.82. The molecule has 0 bridgehead atoms. The molecule has 5 heteroatoms. The number of furan rings is 2. The lowest BCUT2D eigenvalue weighted by Crippen LogP contribution is -2.14. The number of nitrogens with zero attached hydrogens (tertiary/aromatic N) is 3. The summed E-state index contributed by atoms with van der Waals surface area (Å²) in [6.07, 6.45) is 0. The Hall–Kier alpha value is -7.63. The zero-order valence-corrected chi connectivity index (χ0v) is 32.4. The highest BCUT2D eigenvalue weighted by atomic mass is 16.3. The van der Waals surface area contributed by atoms with Crippen LogP contribution in [0.5, 0.6) is 0 Å². The Bertz CT molecular complexity index is 3290. The summed E-state index contributed by atoms with van der Waals surface area (Å²) >= 11 is 0. The molecule has 11 aromatic rings. The summed E-state index contributed by atoms with van der Waals surface area (Å²) in [5.74, 6) is 1.86. The molecule has 0 unspecified atom stereocenters. The maximum absolute atomic E-state index is 6.39. The molecule has 0 radical (unpaired) electrons. The van der Waals surface area contributed by atoms with Crippen molar-refractivity contribution >= 4 is 43.9 Å². The Labute approximate surface area is 340 Å². The Kier molecular flexibility index (Phi) is 7.20. The van der Waals surface area contributed by atoms with Gasteiger partial charge < -0.3 is 8.83 Å². The molecule has 0 N–H and O–H groups in total. The van der Waals surface area contributed by atoms with Crippen LogP contribution in [0.15, 0.2) is 185 Å². The van der Waals surface area contributed by atoms with Crippen molar-refractivity contribution in [3.63, 3.8) is 0 Å². The smallest absolute Gasteiger partial charge is 0.164 e. The molecule has 0 saturated heterocycles. The van der Waals surface area contributed by atoms with Crippen molar-refractivity contribution in [1.29, 1.82) is 0 Å². The highest BCUT2D eigenvalue weighted by Crippen LogP contribution is 2.51. The monoisotopic (exact) mass is 757 g/mol. The summed E-state index contributed by atoms with van der Waals surface area (Å²) in [5.41, 5.74) is 15.4. The first-order chi connectivity index (χ1) is 29.0. The van der Waals surface area contributed by atoms with Gasteiger partial charge in [0.2, 0.25) is 0 Å². The fraction of sp³-hybridized carbons (Fsp3) is 0.0556. The molecular weight excluding hydrogens is 723 g/mol. The van der Waals surface area contributed by atoms with E-state index in [0.29, 0.717) is 17.5 Å². The van der Waals surface area contributed by atoms with Gasteiger partial charge in [-0.3, -0.25) is 0 Å². The third-order valence-corrected chi connectivity index (χ3v) is 12.2. The lowest BCUT2D eigenvalue weighted by Gasteiger charge is -2.21. The summed E-state index contributed by atoms with van der Waals surface area (Å²) in [4.78, 5) is 15.7. The molecule has 5 nitrogen and oxygen atoms in total. The van der Waals surface area contributed by atoms with E-state index in [-0.39, 0.29) is 5.41 Å². The summed E-state index contributed by atoms with van der Waals surface area (Å²) in [6.45, 7) is 4.60. The average Bonchev–Trinajstić information content (AvgIpc) is 3.94. The lowest BCUT2D eigenvalue weighted by molar-refractivity contribution is 0.660. The number of rotatable bonds is 5. The van der Waals surface area contributed by atoms with Crippen molar-refractivity contribution in [3.05, 3.63) is 187 Å². The Morgan fingerprint density at radius 3 is 1.32 bits per heavy atom. The zero-order valence-electron chi connectivity index (χ0n) is 32.4. The predicted molar refractivity (Wildman–Crippen MR) is 239 cm³/mol. The molecule has 1 aliphatic rings. The third-order valence-electron chi connectivity index (χ3n) is 12.2. The second kappa shape index (κ2) is 12.7. The number of hydrogen-bond acceptors (Lipinski definition) is 5. The first-order valence-electron chi connectivity index (χ1n) is 20.0. The van der Waals surface area contributed by atoms with Gasteiger partial charge in [-0.05, 0) is 45.5 Å². The average molecular weight is 758 g/mol. The molecule has 8 aromatic carbocycles. The molecular formula is C54H35N3O2. The second-order valence-corrected chi connectivity index (χ2v) is 15.9. The Morgan fingerprint density at radius 2 is 0.746 bits per heavy atom. The molecule has 3 aromatic heterocycles. The summed E-state index contributed by atoms with van der Waals surface area (Å²) in [6, 6.07) is 61.2. The van der Waals surface area contributed by atoms with E-state index in [4.69, 9.17) is 23.8 Å². The van der Waals surface area contributed by atoms with Crippen molar-refractivity contribution < 1.29 is 8.83 Å². The van der Waals surface area contributed by atoms with Crippen molar-refractivity contribution in [2.75, 3.05) is 0 Å². The molecule has 3 heterocycles. The third kappa shape index (κ3) is 5.14. The Morgan fingerprint density at radius 1 is 0.339 bits per heavy atom. The quantitative estimate of drug-likeness (QED) is 0.175. The molecule has 0 atom stereocenters. The SMILES string of the molecule is CC1(C)c2ccccc2-c2c(-c3nc(-c4ccc(-c5cccc6c5oc5ccccc56)cc4)nc(-c4ccc(-c5cccc6c5oc5ccccc56)cc4)n3)cccc21. The van der Waals surface area contributed by atoms with Crippen molar-refractivity contribution in [1.82, 2.24) is 15.0 Å². The first-order valence-corrected chi connectivity index (χ1v) is 20.0. The molecule has 59 heavy (non-hydrogen) atoms. The van der Waals surface area contributed by atoms with Gasteiger partial charge >= 0.3 is 0 Å². The predicted octanol–water partition coefficient (Wildman–Crippen LogP) is 14.3. The maximum Gasteiger partial charge on any atom is 0.164 e. The molecule has 0 fully saturated rings. The van der Waals surface area contributed by atoms with Crippen LogP contribution >= 0.6 is 0 Å². The standard InChI is InChI=1S/C54H35N3O2/c1-54(2)44-20-6-3-14-42(44)48-43(19-11-21-45(48)54)53-56-51(34-28-24-32(25-29-34)36-15-9-17-40-38-12-4-7-22-46(38)58-49(36)40)55-52(57-53)35-30-26-33(27-31-35)37-16-10-18-41-39-13-5-8-23-47(39)59-50(37)41/h3-31H,1-2H3. The minimum Gasteiger partial charge on any atom is -0.455 e. The first kappa shape index (κ1) is 33.5. The van der Waals surface area contributed by atoms with Crippen molar-refractivity contribution in [3.8, 4) is 67.5 Å². The van der Waals surface area contributed by atoms with Gasteiger partial charge in [-0.25, -0.2) is 15.0 Å². The maximum atomic E-state index is 6.39. The van der Waals surface area contributed by atoms with Gasteiger partial charge in [0.1, 0.15) is 22.3 Å². The van der Waals surface area contributed by atoms with E-state index < -0.39 is 0 Å². The van der Waals surface area contributed by atoms with Crippen LogP contribution in [0, 0.1) is 0 Å². The van der Waals surface area contributed by atoms with Crippen LogP contribution in [-0.2, 0) is 5.41 Å². The second-order valence-electron chi connectivity index (χ2n) is 15.9. The highest BCUT2D eigenvalue weighted by molar-refractivity contribution is 6.10. The van der Waals surface area contributed by atoms with Crippen LogP contribution in [0.25, 0.3) is 111 Å². The van der Waals surface area contributed by atoms with E-state index in [1.165, 1.54) is 22.3 Å². The number of hydrogen-bond donors (Lipinski definition) is 0. The van der Waals surface area contributed by atoms with E-state index >= 15 is 0 Å². The normalized spacial score (nSPS) is 13.1. The summed E-state index contributed by atoms with van der Waals surface area (Å²) < 4.78 is 12.8. The molecule has 12 rings (SSSR count).